The van der Waals surface area contributed by atoms with Gasteiger partial charge in [0.05, 0.1) is 17.9 Å². The average molecular weight is 276 g/mol. The van der Waals surface area contributed by atoms with E-state index in [4.69, 9.17) is 9.84 Å². The third kappa shape index (κ3) is 2.31. The van der Waals surface area contributed by atoms with Crippen LogP contribution >= 0.6 is 11.3 Å². The number of fused-ring (bicyclic) bond motifs is 3. The van der Waals surface area contributed by atoms with Crippen molar-refractivity contribution >= 4 is 33.3 Å². The molecule has 0 spiro atoms. The molecule has 0 unspecified atom stereocenters. The third-order valence-corrected chi connectivity index (χ3v) is 3.97. The molecule has 2 aromatic heterocycles. The molecule has 0 amide bonds. The number of ether oxygens (including phenoxy) is 1. The maximum atomic E-state index is 8.83. The molecule has 3 rings (SSSR count). The van der Waals surface area contributed by atoms with Crippen LogP contribution in [0.3, 0.4) is 0 Å². The largest absolute Gasteiger partial charge is 0.477 e. The number of rotatable bonds is 4. The molecule has 0 bridgehead atoms. The van der Waals surface area contributed by atoms with Gasteiger partial charge in [-0.25, -0.2) is 4.98 Å². The lowest BCUT2D eigenvalue weighted by Crippen LogP contribution is -2.09. The first-order chi connectivity index (χ1) is 9.29. The molecule has 2 aromatic rings. The molecule has 0 atom stereocenters. The number of aliphatic hydroxyl groups is 1. The van der Waals surface area contributed by atoms with Gasteiger partial charge in [-0.2, -0.15) is 0 Å². The van der Waals surface area contributed by atoms with Gasteiger partial charge in [-0.15, -0.1) is 11.3 Å². The lowest BCUT2D eigenvalue weighted by molar-refractivity contribution is 0.229. The Kier molecular flexibility index (Phi) is 3.40. The Hall–Kier alpha value is -1.59. The van der Waals surface area contributed by atoms with Crippen LogP contribution < -0.4 is 10.1 Å². The molecule has 0 fully saturated rings. The summed E-state index contributed by atoms with van der Waals surface area (Å²) in [5.74, 6) is 0.654. The van der Waals surface area contributed by atoms with Crippen LogP contribution in [0.25, 0.3) is 16.3 Å². The van der Waals surface area contributed by atoms with Crippen LogP contribution in [0, 0.1) is 6.92 Å². The van der Waals surface area contributed by atoms with Crippen LogP contribution in [-0.2, 0) is 0 Å². The summed E-state index contributed by atoms with van der Waals surface area (Å²) in [7, 11) is 0. The maximum absolute atomic E-state index is 8.83. The van der Waals surface area contributed by atoms with Crippen molar-refractivity contribution < 1.29 is 9.84 Å². The van der Waals surface area contributed by atoms with E-state index in [1.807, 2.05) is 0 Å². The number of hydrogen-bond donors (Lipinski definition) is 2. The Morgan fingerprint density at radius 2 is 2.42 bits per heavy atom. The van der Waals surface area contributed by atoms with E-state index in [2.05, 4.69) is 35.4 Å². The van der Waals surface area contributed by atoms with E-state index in [1.165, 1.54) is 4.88 Å². The van der Waals surface area contributed by atoms with Crippen molar-refractivity contribution in [3.63, 3.8) is 0 Å². The van der Waals surface area contributed by atoms with E-state index in [0.717, 1.165) is 28.0 Å². The Morgan fingerprint density at radius 1 is 1.53 bits per heavy atom. The molecule has 2 N–H and O–H groups in total. The predicted octanol–water partition coefficient (Wildman–Crippen LogP) is 2.80. The Labute approximate surface area is 115 Å². The number of thiophene rings is 1. The second-order valence-electron chi connectivity index (χ2n) is 4.49. The molecular weight excluding hydrogens is 260 g/mol. The fourth-order valence-electron chi connectivity index (χ4n) is 2.19. The number of aliphatic hydroxyl groups excluding tert-OH is 1. The molecule has 3 heterocycles. The first-order valence-electron chi connectivity index (χ1n) is 6.38. The Bertz CT molecular complexity index is 634. The standard InChI is InChI=1S/C14H16N2O2S/c1-9-8-11-12-10(4-2-5-15-12)13(16-14(11)19-9)18-7-3-6-17/h2,4,8,15,17H,3,5-7H2,1H3. The zero-order valence-corrected chi connectivity index (χ0v) is 11.6. The van der Waals surface area contributed by atoms with E-state index in [-0.39, 0.29) is 6.61 Å². The van der Waals surface area contributed by atoms with E-state index in [9.17, 15) is 0 Å². The van der Waals surface area contributed by atoms with Gasteiger partial charge in [0.2, 0.25) is 5.88 Å². The summed E-state index contributed by atoms with van der Waals surface area (Å²) in [4.78, 5) is 6.85. The number of aromatic nitrogens is 1. The van der Waals surface area contributed by atoms with Crippen molar-refractivity contribution in [2.45, 2.75) is 13.3 Å². The van der Waals surface area contributed by atoms with Crippen LogP contribution in [0.5, 0.6) is 5.88 Å². The highest BCUT2D eigenvalue weighted by molar-refractivity contribution is 7.18. The first kappa shape index (κ1) is 12.4. The first-order valence-corrected chi connectivity index (χ1v) is 7.19. The summed E-state index contributed by atoms with van der Waals surface area (Å²) < 4.78 is 5.71. The minimum atomic E-state index is 0.136. The molecule has 0 saturated heterocycles. The van der Waals surface area contributed by atoms with Crippen molar-refractivity contribution in [3.05, 3.63) is 22.6 Å². The Morgan fingerprint density at radius 3 is 3.26 bits per heavy atom. The smallest absolute Gasteiger partial charge is 0.224 e. The number of nitrogens with one attached hydrogen (secondary N) is 1. The van der Waals surface area contributed by atoms with Gasteiger partial charge in [-0.3, -0.25) is 0 Å². The van der Waals surface area contributed by atoms with Gasteiger partial charge >= 0.3 is 0 Å². The second-order valence-corrected chi connectivity index (χ2v) is 5.73. The topological polar surface area (TPSA) is 54.4 Å². The fraction of sp³-hybridized carbons (Fsp3) is 0.357. The maximum Gasteiger partial charge on any atom is 0.224 e. The van der Waals surface area contributed by atoms with Gasteiger partial charge in [-0.05, 0) is 19.1 Å². The van der Waals surface area contributed by atoms with E-state index < -0.39 is 0 Å². The van der Waals surface area contributed by atoms with Gasteiger partial charge in [0.15, 0.2) is 0 Å². The molecule has 19 heavy (non-hydrogen) atoms. The minimum absolute atomic E-state index is 0.136. The van der Waals surface area contributed by atoms with Crippen molar-refractivity contribution in [2.24, 2.45) is 0 Å². The van der Waals surface area contributed by atoms with Crippen molar-refractivity contribution in [1.82, 2.24) is 4.98 Å². The van der Waals surface area contributed by atoms with Gasteiger partial charge in [-0.1, -0.05) is 6.08 Å². The number of anilines is 1. The lowest BCUT2D eigenvalue weighted by Gasteiger charge is -2.17. The molecule has 0 saturated carbocycles. The highest BCUT2D eigenvalue weighted by atomic mass is 32.1. The molecule has 0 radical (unpaired) electrons. The Balaban J connectivity index is 2.08. The molecule has 1 aliphatic heterocycles. The number of nitrogens with zero attached hydrogens (tertiary/aromatic N) is 1. The summed E-state index contributed by atoms with van der Waals surface area (Å²) in [6.07, 6.45) is 4.74. The van der Waals surface area contributed by atoms with E-state index in [0.29, 0.717) is 18.9 Å². The third-order valence-electron chi connectivity index (χ3n) is 3.03. The average Bonchev–Trinajstić information content (AvgIpc) is 2.80. The summed E-state index contributed by atoms with van der Waals surface area (Å²) in [5, 5.41) is 13.4. The predicted molar refractivity (Wildman–Crippen MR) is 79.1 cm³/mol. The van der Waals surface area contributed by atoms with Crippen LogP contribution in [0.1, 0.15) is 16.9 Å². The molecule has 0 aromatic carbocycles. The molecule has 0 aliphatic carbocycles. The van der Waals surface area contributed by atoms with Crippen LogP contribution in [-0.4, -0.2) is 29.8 Å². The summed E-state index contributed by atoms with van der Waals surface area (Å²) in [6.45, 7) is 3.54. The number of aryl methyl sites for hydroxylation is 1. The van der Waals surface area contributed by atoms with Gasteiger partial charge < -0.3 is 15.2 Å². The summed E-state index contributed by atoms with van der Waals surface area (Å²) >= 11 is 1.67. The van der Waals surface area contributed by atoms with Crippen molar-refractivity contribution in [1.29, 1.82) is 0 Å². The zero-order valence-electron chi connectivity index (χ0n) is 10.8. The molecule has 5 heteroatoms. The van der Waals surface area contributed by atoms with Crippen molar-refractivity contribution in [2.75, 3.05) is 25.1 Å². The molecule has 4 nitrogen and oxygen atoms in total. The lowest BCUT2D eigenvalue weighted by atomic mass is 10.1. The van der Waals surface area contributed by atoms with E-state index in [1.54, 1.807) is 11.3 Å². The van der Waals surface area contributed by atoms with Crippen LogP contribution in [0.4, 0.5) is 5.69 Å². The minimum Gasteiger partial charge on any atom is -0.477 e. The normalized spacial score (nSPS) is 13.4. The summed E-state index contributed by atoms with van der Waals surface area (Å²) in [6, 6.07) is 2.16. The van der Waals surface area contributed by atoms with Gasteiger partial charge in [0.25, 0.3) is 0 Å². The van der Waals surface area contributed by atoms with Crippen LogP contribution in [0.2, 0.25) is 0 Å². The van der Waals surface area contributed by atoms with E-state index >= 15 is 0 Å². The molecule has 1 aliphatic rings. The van der Waals surface area contributed by atoms with Gasteiger partial charge in [0.1, 0.15) is 4.83 Å². The molecular formula is C14H16N2O2S. The van der Waals surface area contributed by atoms with Crippen LogP contribution in [0.15, 0.2) is 12.1 Å². The fourth-order valence-corrected chi connectivity index (χ4v) is 3.08. The highest BCUT2D eigenvalue weighted by Crippen LogP contribution is 2.38. The quantitative estimate of drug-likeness (QED) is 0.843. The second kappa shape index (κ2) is 5.19. The number of hydrogen-bond acceptors (Lipinski definition) is 5. The number of pyridine rings is 1. The molecule has 100 valence electrons. The monoisotopic (exact) mass is 276 g/mol. The summed E-state index contributed by atoms with van der Waals surface area (Å²) in [5.41, 5.74) is 2.12. The SMILES string of the molecule is Cc1cc2c3c(c(OCCCO)nc2s1)C=CCN3. The zero-order chi connectivity index (χ0) is 13.2. The van der Waals surface area contributed by atoms with Crippen molar-refractivity contribution in [3.8, 4) is 5.88 Å². The van der Waals surface area contributed by atoms with Gasteiger partial charge in [0, 0.05) is 29.8 Å². The highest BCUT2D eigenvalue weighted by Gasteiger charge is 2.17.